The van der Waals surface area contributed by atoms with Crippen molar-refractivity contribution in [2.24, 2.45) is 11.5 Å². The average molecular weight is 223 g/mol. The molecule has 1 rings (SSSR count). The third-order valence-electron chi connectivity index (χ3n) is 2.47. The van der Waals surface area contributed by atoms with Gasteiger partial charge in [-0.15, -0.1) is 0 Å². The molecule has 1 atom stereocenters. The number of ether oxygens (including phenoxy) is 1. The Bertz CT molecular complexity index is 304. The summed E-state index contributed by atoms with van der Waals surface area (Å²) >= 11 is 0. The highest BCUT2D eigenvalue weighted by atomic mass is 16.5. The van der Waals surface area contributed by atoms with E-state index in [4.69, 9.17) is 16.2 Å². The molecule has 1 aromatic rings. The Morgan fingerprint density at radius 1 is 1.38 bits per heavy atom. The molecule has 0 aliphatic carbocycles. The van der Waals surface area contributed by atoms with Crippen LogP contribution in [0, 0.1) is 0 Å². The number of nitrogens with one attached hydrogen (secondary N) is 1. The molecule has 0 fully saturated rings. The molecule has 5 N–H and O–H groups in total. The first-order valence-corrected chi connectivity index (χ1v) is 5.56. The van der Waals surface area contributed by atoms with Gasteiger partial charge in [0, 0.05) is 19.1 Å². The second-order valence-corrected chi connectivity index (χ2v) is 3.76. The highest BCUT2D eigenvalue weighted by Gasteiger charge is 2.02. The normalized spacial score (nSPS) is 12.4. The van der Waals surface area contributed by atoms with Crippen LogP contribution in [0.2, 0.25) is 0 Å². The summed E-state index contributed by atoms with van der Waals surface area (Å²) in [4.78, 5) is 0. The summed E-state index contributed by atoms with van der Waals surface area (Å²) in [5.41, 5.74) is 12.3. The zero-order chi connectivity index (χ0) is 11.8. The molecular formula is C12H21N3O. The number of hydrogen-bond donors (Lipinski definition) is 3. The first-order valence-electron chi connectivity index (χ1n) is 5.56. The Balaban J connectivity index is 2.31. The van der Waals surface area contributed by atoms with Crippen LogP contribution in [-0.4, -0.2) is 32.8 Å². The van der Waals surface area contributed by atoms with Crippen molar-refractivity contribution in [3.05, 3.63) is 29.8 Å². The van der Waals surface area contributed by atoms with E-state index < -0.39 is 0 Å². The molecule has 1 unspecified atom stereocenters. The molecule has 0 aliphatic heterocycles. The molecule has 4 nitrogen and oxygen atoms in total. The minimum absolute atomic E-state index is 0.0395. The highest BCUT2D eigenvalue weighted by molar-refractivity contribution is 5.33. The van der Waals surface area contributed by atoms with E-state index in [2.05, 4.69) is 11.4 Å². The van der Waals surface area contributed by atoms with Gasteiger partial charge in [-0.3, -0.25) is 0 Å². The molecule has 0 spiro atoms. The topological polar surface area (TPSA) is 73.3 Å². The first-order chi connectivity index (χ1) is 7.77. The van der Waals surface area contributed by atoms with Gasteiger partial charge in [0.05, 0.1) is 7.11 Å². The molecule has 0 radical (unpaired) electrons. The van der Waals surface area contributed by atoms with Crippen LogP contribution in [0.15, 0.2) is 24.3 Å². The van der Waals surface area contributed by atoms with E-state index in [0.717, 1.165) is 25.3 Å². The third kappa shape index (κ3) is 4.18. The van der Waals surface area contributed by atoms with Crippen LogP contribution in [0.25, 0.3) is 0 Å². The largest absolute Gasteiger partial charge is 0.496 e. The molecule has 90 valence electrons. The lowest BCUT2D eigenvalue weighted by Crippen LogP contribution is -2.40. The summed E-state index contributed by atoms with van der Waals surface area (Å²) in [6.45, 7) is 2.15. The number of para-hydroxylation sites is 1. The summed E-state index contributed by atoms with van der Waals surface area (Å²) in [5, 5.41) is 3.28. The Hall–Kier alpha value is -1.10. The van der Waals surface area contributed by atoms with E-state index in [1.165, 1.54) is 5.56 Å². The van der Waals surface area contributed by atoms with E-state index in [0.29, 0.717) is 6.54 Å². The summed E-state index contributed by atoms with van der Waals surface area (Å²) in [6, 6.07) is 8.08. The van der Waals surface area contributed by atoms with Crippen LogP contribution in [0.5, 0.6) is 5.75 Å². The van der Waals surface area contributed by atoms with Gasteiger partial charge in [0.15, 0.2) is 0 Å². The Morgan fingerprint density at radius 2 is 2.12 bits per heavy atom. The van der Waals surface area contributed by atoms with Gasteiger partial charge < -0.3 is 21.5 Å². The molecule has 0 aliphatic rings. The Morgan fingerprint density at radius 3 is 2.81 bits per heavy atom. The van der Waals surface area contributed by atoms with Crippen molar-refractivity contribution in [2.75, 3.05) is 26.7 Å². The van der Waals surface area contributed by atoms with Gasteiger partial charge in [-0.1, -0.05) is 18.2 Å². The fourth-order valence-corrected chi connectivity index (χ4v) is 1.50. The summed E-state index contributed by atoms with van der Waals surface area (Å²) in [5.74, 6) is 0.937. The van der Waals surface area contributed by atoms with Crippen LogP contribution in [0.1, 0.15) is 5.56 Å². The highest BCUT2D eigenvalue weighted by Crippen LogP contribution is 2.16. The number of hydrogen-bond acceptors (Lipinski definition) is 4. The van der Waals surface area contributed by atoms with Gasteiger partial charge in [0.25, 0.3) is 0 Å². The minimum atomic E-state index is 0.0395. The molecule has 0 saturated heterocycles. The van der Waals surface area contributed by atoms with E-state index in [-0.39, 0.29) is 6.04 Å². The van der Waals surface area contributed by atoms with Gasteiger partial charge in [-0.2, -0.15) is 0 Å². The maximum atomic E-state index is 5.70. The van der Waals surface area contributed by atoms with Crippen molar-refractivity contribution in [3.63, 3.8) is 0 Å². The standard InChI is InChI=1S/C12H21N3O/c1-16-12-5-3-2-4-10(12)6-7-15-9-11(14)8-13/h2-5,11,15H,6-9,13-14H2,1H3. The first kappa shape index (κ1) is 13.0. The van der Waals surface area contributed by atoms with Crippen molar-refractivity contribution < 1.29 is 4.74 Å². The van der Waals surface area contributed by atoms with Gasteiger partial charge >= 0.3 is 0 Å². The Labute approximate surface area is 97.0 Å². The van der Waals surface area contributed by atoms with Gasteiger partial charge in [-0.25, -0.2) is 0 Å². The SMILES string of the molecule is COc1ccccc1CCNCC(N)CN. The second kappa shape index (κ2) is 7.22. The van der Waals surface area contributed by atoms with E-state index in [1.54, 1.807) is 7.11 Å². The van der Waals surface area contributed by atoms with Crippen molar-refractivity contribution in [1.29, 1.82) is 0 Å². The fourth-order valence-electron chi connectivity index (χ4n) is 1.50. The second-order valence-electron chi connectivity index (χ2n) is 3.76. The molecule has 0 heterocycles. The predicted molar refractivity (Wildman–Crippen MR) is 66.6 cm³/mol. The maximum Gasteiger partial charge on any atom is 0.122 e. The lowest BCUT2D eigenvalue weighted by molar-refractivity contribution is 0.409. The van der Waals surface area contributed by atoms with Crippen LogP contribution in [0.3, 0.4) is 0 Å². The zero-order valence-corrected chi connectivity index (χ0v) is 9.78. The molecule has 0 aromatic heterocycles. The lowest BCUT2D eigenvalue weighted by atomic mass is 10.1. The van der Waals surface area contributed by atoms with Gasteiger partial charge in [0.2, 0.25) is 0 Å². The quantitative estimate of drug-likeness (QED) is 0.574. The predicted octanol–water partition coefficient (Wildman–Crippen LogP) is 0.113. The van der Waals surface area contributed by atoms with Crippen molar-refractivity contribution in [2.45, 2.75) is 12.5 Å². The molecule has 16 heavy (non-hydrogen) atoms. The van der Waals surface area contributed by atoms with Gasteiger partial charge in [0.1, 0.15) is 5.75 Å². The van der Waals surface area contributed by atoms with Crippen molar-refractivity contribution >= 4 is 0 Å². The van der Waals surface area contributed by atoms with Crippen LogP contribution in [0.4, 0.5) is 0 Å². The van der Waals surface area contributed by atoms with Crippen LogP contribution < -0.4 is 21.5 Å². The van der Waals surface area contributed by atoms with E-state index >= 15 is 0 Å². The van der Waals surface area contributed by atoms with Crippen LogP contribution >= 0.6 is 0 Å². The monoisotopic (exact) mass is 223 g/mol. The maximum absolute atomic E-state index is 5.70. The molecular weight excluding hydrogens is 202 g/mol. The third-order valence-corrected chi connectivity index (χ3v) is 2.47. The van der Waals surface area contributed by atoms with E-state index in [9.17, 15) is 0 Å². The summed E-state index contributed by atoms with van der Waals surface area (Å²) in [6.07, 6.45) is 0.932. The number of nitrogens with two attached hydrogens (primary N) is 2. The molecule has 0 saturated carbocycles. The lowest BCUT2D eigenvalue weighted by Gasteiger charge is -2.11. The minimum Gasteiger partial charge on any atom is -0.496 e. The van der Waals surface area contributed by atoms with Crippen molar-refractivity contribution in [3.8, 4) is 5.75 Å². The summed E-state index contributed by atoms with van der Waals surface area (Å²) < 4.78 is 5.27. The summed E-state index contributed by atoms with van der Waals surface area (Å²) in [7, 11) is 1.69. The number of rotatable bonds is 7. The zero-order valence-electron chi connectivity index (χ0n) is 9.78. The number of benzene rings is 1. The van der Waals surface area contributed by atoms with Crippen LogP contribution in [-0.2, 0) is 6.42 Å². The van der Waals surface area contributed by atoms with E-state index in [1.807, 2.05) is 18.2 Å². The average Bonchev–Trinajstić information content (AvgIpc) is 2.34. The number of methoxy groups -OCH3 is 1. The van der Waals surface area contributed by atoms with Crippen molar-refractivity contribution in [1.82, 2.24) is 5.32 Å². The molecule has 0 amide bonds. The molecule has 0 bridgehead atoms. The van der Waals surface area contributed by atoms with Gasteiger partial charge in [-0.05, 0) is 24.6 Å². The molecule has 1 aromatic carbocycles. The Kier molecular flexibility index (Phi) is 5.85. The fraction of sp³-hybridized carbons (Fsp3) is 0.500. The molecule has 4 heteroatoms. The smallest absolute Gasteiger partial charge is 0.122 e.